The second kappa shape index (κ2) is 6.12. The van der Waals surface area contributed by atoms with E-state index in [4.69, 9.17) is 14.2 Å². The van der Waals surface area contributed by atoms with Gasteiger partial charge in [-0.1, -0.05) is 18.2 Å². The smallest absolute Gasteiger partial charge is 0.338 e. The molecule has 1 aromatic carbocycles. The molecule has 1 aromatic rings. The van der Waals surface area contributed by atoms with Crippen molar-refractivity contribution < 1.29 is 29.2 Å². The Bertz CT molecular complexity index is 420. The van der Waals surface area contributed by atoms with Crippen LogP contribution in [0.1, 0.15) is 10.4 Å². The molecule has 6 heteroatoms. The number of esters is 1. The molecule has 1 fully saturated rings. The van der Waals surface area contributed by atoms with Crippen LogP contribution in [0.25, 0.3) is 0 Å². The molecule has 2 rings (SSSR count). The lowest BCUT2D eigenvalue weighted by Gasteiger charge is -2.17. The van der Waals surface area contributed by atoms with Crippen LogP contribution in [0, 0.1) is 0 Å². The minimum Gasteiger partial charge on any atom is -0.459 e. The predicted molar refractivity (Wildman–Crippen MR) is 64.4 cm³/mol. The van der Waals surface area contributed by atoms with E-state index in [9.17, 15) is 15.0 Å². The number of benzene rings is 1. The van der Waals surface area contributed by atoms with Crippen LogP contribution < -0.4 is 0 Å². The van der Waals surface area contributed by atoms with Crippen LogP contribution >= 0.6 is 0 Å². The van der Waals surface area contributed by atoms with Crippen LogP contribution in [0.2, 0.25) is 0 Å². The van der Waals surface area contributed by atoms with E-state index in [0.717, 1.165) is 0 Å². The van der Waals surface area contributed by atoms with E-state index in [1.807, 2.05) is 0 Å². The van der Waals surface area contributed by atoms with Crippen molar-refractivity contribution in [3.8, 4) is 0 Å². The molecule has 1 aliphatic rings. The van der Waals surface area contributed by atoms with Crippen molar-refractivity contribution in [2.45, 2.75) is 24.6 Å². The zero-order chi connectivity index (χ0) is 13.8. The maximum Gasteiger partial charge on any atom is 0.338 e. The maximum absolute atomic E-state index is 11.7. The van der Waals surface area contributed by atoms with Crippen molar-refractivity contribution in [2.24, 2.45) is 0 Å². The van der Waals surface area contributed by atoms with Gasteiger partial charge >= 0.3 is 5.97 Å². The molecule has 0 spiro atoms. The summed E-state index contributed by atoms with van der Waals surface area (Å²) in [6.45, 7) is -0.0969. The second-order valence-electron chi connectivity index (χ2n) is 4.22. The minimum atomic E-state index is -1.33. The summed E-state index contributed by atoms with van der Waals surface area (Å²) in [5.74, 6) is -0.491. The predicted octanol–water partition coefficient (Wildman–Crippen LogP) is -0.0635. The van der Waals surface area contributed by atoms with Gasteiger partial charge in [-0.2, -0.15) is 0 Å². The van der Waals surface area contributed by atoms with Gasteiger partial charge in [-0.15, -0.1) is 0 Å². The molecule has 0 amide bonds. The van der Waals surface area contributed by atoms with Crippen molar-refractivity contribution in [3.63, 3.8) is 0 Å². The zero-order valence-electron chi connectivity index (χ0n) is 10.4. The Balaban J connectivity index is 1.90. The first-order chi connectivity index (χ1) is 9.13. The number of rotatable bonds is 4. The third-order valence-corrected chi connectivity index (χ3v) is 2.97. The third-order valence-electron chi connectivity index (χ3n) is 2.97. The highest BCUT2D eigenvalue weighted by Gasteiger charge is 2.43. The molecule has 0 radical (unpaired) electrons. The van der Waals surface area contributed by atoms with E-state index < -0.39 is 30.6 Å². The van der Waals surface area contributed by atoms with Gasteiger partial charge in [0.1, 0.15) is 24.9 Å². The Morgan fingerprint density at radius 3 is 2.63 bits per heavy atom. The molecule has 0 saturated carbocycles. The number of carbonyl (C=O) groups excluding carboxylic acids is 1. The summed E-state index contributed by atoms with van der Waals surface area (Å²) in [5, 5.41) is 18.9. The fraction of sp³-hybridized carbons (Fsp3) is 0.462. The number of aliphatic hydroxyl groups excluding tert-OH is 2. The monoisotopic (exact) mass is 268 g/mol. The van der Waals surface area contributed by atoms with E-state index >= 15 is 0 Å². The fourth-order valence-electron chi connectivity index (χ4n) is 1.96. The second-order valence-corrected chi connectivity index (χ2v) is 4.22. The van der Waals surface area contributed by atoms with E-state index in [2.05, 4.69) is 0 Å². The topological polar surface area (TPSA) is 85.2 Å². The van der Waals surface area contributed by atoms with Crippen LogP contribution in [-0.4, -0.2) is 54.5 Å². The Kier molecular flexibility index (Phi) is 4.49. The van der Waals surface area contributed by atoms with Gasteiger partial charge in [-0.25, -0.2) is 4.79 Å². The summed E-state index contributed by atoms with van der Waals surface area (Å²) in [6, 6.07) is 8.53. The van der Waals surface area contributed by atoms with E-state index in [-0.39, 0.29) is 6.61 Å². The van der Waals surface area contributed by atoms with Crippen molar-refractivity contribution in [2.75, 3.05) is 13.7 Å². The van der Waals surface area contributed by atoms with Crippen LogP contribution in [0.15, 0.2) is 30.3 Å². The summed E-state index contributed by atoms with van der Waals surface area (Å²) in [7, 11) is 1.39. The molecule has 0 aliphatic carbocycles. The summed E-state index contributed by atoms with van der Waals surface area (Å²) in [4.78, 5) is 11.7. The highest BCUT2D eigenvalue weighted by molar-refractivity contribution is 5.89. The normalized spacial score (nSPS) is 30.3. The molecule has 104 valence electrons. The molecule has 19 heavy (non-hydrogen) atoms. The Hall–Kier alpha value is -1.47. The highest BCUT2D eigenvalue weighted by atomic mass is 16.7. The number of hydrogen-bond donors (Lipinski definition) is 2. The van der Waals surface area contributed by atoms with Gasteiger partial charge < -0.3 is 24.4 Å². The Morgan fingerprint density at radius 1 is 1.32 bits per heavy atom. The quantitative estimate of drug-likeness (QED) is 0.744. The number of carbonyl (C=O) groups is 1. The van der Waals surface area contributed by atoms with Crippen LogP contribution in [0.5, 0.6) is 0 Å². The van der Waals surface area contributed by atoms with E-state index in [0.29, 0.717) is 5.56 Å². The SMILES string of the molecule is CO[C@H]1[C@@H](O)[C@@H](O)O[C@@H]1COC(=O)c1ccccc1. The molecule has 2 N–H and O–H groups in total. The van der Waals surface area contributed by atoms with Gasteiger partial charge in [0.05, 0.1) is 5.56 Å². The molecule has 0 unspecified atom stereocenters. The van der Waals surface area contributed by atoms with Gasteiger partial charge in [0.15, 0.2) is 6.29 Å². The van der Waals surface area contributed by atoms with Crippen LogP contribution in [0.4, 0.5) is 0 Å². The fourth-order valence-corrected chi connectivity index (χ4v) is 1.96. The molecule has 1 saturated heterocycles. The van der Waals surface area contributed by atoms with Crippen molar-refractivity contribution in [1.82, 2.24) is 0 Å². The van der Waals surface area contributed by atoms with E-state index in [1.54, 1.807) is 30.3 Å². The molecule has 0 aromatic heterocycles. The van der Waals surface area contributed by atoms with Crippen molar-refractivity contribution in [3.05, 3.63) is 35.9 Å². The molecule has 0 bridgehead atoms. The molecule has 1 aliphatic heterocycles. The average Bonchev–Trinajstić information content (AvgIpc) is 2.72. The molecule has 1 heterocycles. The number of methoxy groups -OCH3 is 1. The number of aliphatic hydroxyl groups is 2. The number of ether oxygens (including phenoxy) is 3. The summed E-state index contributed by atoms with van der Waals surface area (Å²) in [6.07, 6.45) is -3.89. The Labute approximate surface area is 110 Å². The number of hydrogen-bond acceptors (Lipinski definition) is 6. The zero-order valence-corrected chi connectivity index (χ0v) is 10.4. The molecule has 6 nitrogen and oxygen atoms in total. The van der Waals surface area contributed by atoms with Crippen molar-refractivity contribution >= 4 is 5.97 Å². The van der Waals surface area contributed by atoms with Gasteiger partial charge in [0.25, 0.3) is 0 Å². The minimum absolute atomic E-state index is 0.0969. The molecule has 4 atom stereocenters. The van der Waals surface area contributed by atoms with Crippen LogP contribution in [0.3, 0.4) is 0 Å². The van der Waals surface area contributed by atoms with Gasteiger partial charge in [-0.05, 0) is 12.1 Å². The third kappa shape index (κ3) is 3.10. The lowest BCUT2D eigenvalue weighted by atomic mass is 10.1. The lowest BCUT2D eigenvalue weighted by molar-refractivity contribution is -0.133. The van der Waals surface area contributed by atoms with Gasteiger partial charge in [0, 0.05) is 7.11 Å². The maximum atomic E-state index is 11.7. The van der Waals surface area contributed by atoms with Crippen LogP contribution in [-0.2, 0) is 14.2 Å². The summed E-state index contributed by atoms with van der Waals surface area (Å²) < 4.78 is 15.2. The Morgan fingerprint density at radius 2 is 2.00 bits per heavy atom. The first-order valence-electron chi connectivity index (χ1n) is 5.90. The summed E-state index contributed by atoms with van der Waals surface area (Å²) in [5.41, 5.74) is 0.426. The summed E-state index contributed by atoms with van der Waals surface area (Å²) >= 11 is 0. The van der Waals surface area contributed by atoms with Gasteiger partial charge in [0.2, 0.25) is 0 Å². The average molecular weight is 268 g/mol. The standard InChI is InChI=1S/C13H16O6/c1-17-11-9(19-13(16)10(11)14)7-18-12(15)8-5-3-2-4-6-8/h2-6,9-11,13-14,16H,7H2,1H3/t9-,10-,11-,13+/m1/s1. The first-order valence-corrected chi connectivity index (χ1v) is 5.90. The van der Waals surface area contributed by atoms with Crippen molar-refractivity contribution in [1.29, 1.82) is 0 Å². The first kappa shape index (κ1) is 14.0. The van der Waals surface area contributed by atoms with Gasteiger partial charge in [-0.3, -0.25) is 0 Å². The largest absolute Gasteiger partial charge is 0.459 e. The lowest BCUT2D eigenvalue weighted by Crippen LogP contribution is -2.36. The highest BCUT2D eigenvalue weighted by Crippen LogP contribution is 2.22. The van der Waals surface area contributed by atoms with E-state index in [1.165, 1.54) is 7.11 Å². The molecular weight excluding hydrogens is 252 g/mol. The molecular formula is C13H16O6.